The van der Waals surface area contributed by atoms with Crippen LogP contribution in [0, 0.1) is 0 Å². The topological polar surface area (TPSA) is 59.4 Å². The van der Waals surface area contributed by atoms with Crippen LogP contribution in [0.15, 0.2) is 30.5 Å². The molecule has 1 fully saturated rings. The van der Waals surface area contributed by atoms with Crippen LogP contribution < -0.4 is 4.74 Å². The molecule has 4 nitrogen and oxygen atoms in total. The van der Waals surface area contributed by atoms with Gasteiger partial charge in [-0.15, -0.1) is 0 Å². The Morgan fingerprint density at radius 3 is 2.85 bits per heavy atom. The van der Waals surface area contributed by atoms with Crippen molar-refractivity contribution >= 4 is 16.9 Å². The van der Waals surface area contributed by atoms with Crippen LogP contribution >= 0.6 is 0 Å². The summed E-state index contributed by atoms with van der Waals surface area (Å²) >= 11 is 0. The molecule has 1 aromatic carbocycles. The van der Waals surface area contributed by atoms with Crippen LogP contribution in [0.3, 0.4) is 0 Å². The predicted molar refractivity (Wildman–Crippen MR) is 76.1 cm³/mol. The van der Waals surface area contributed by atoms with Gasteiger partial charge in [-0.05, 0) is 37.5 Å². The fourth-order valence-corrected chi connectivity index (χ4v) is 2.86. The van der Waals surface area contributed by atoms with Gasteiger partial charge in [-0.3, -0.25) is 9.78 Å². The minimum Gasteiger partial charge on any atom is -0.492 e. The Balaban J connectivity index is 2.13. The number of aliphatic carboxylic acids is 1. The maximum absolute atomic E-state index is 11.1. The average molecular weight is 271 g/mol. The van der Waals surface area contributed by atoms with E-state index in [4.69, 9.17) is 9.84 Å². The molecule has 20 heavy (non-hydrogen) atoms. The first-order valence-corrected chi connectivity index (χ1v) is 6.89. The summed E-state index contributed by atoms with van der Waals surface area (Å²) in [4.78, 5) is 15.5. The Morgan fingerprint density at radius 2 is 2.20 bits per heavy atom. The summed E-state index contributed by atoms with van der Waals surface area (Å²) in [6.07, 6.45) is 3.78. The minimum atomic E-state index is -0.742. The van der Waals surface area contributed by atoms with Crippen molar-refractivity contribution in [3.05, 3.63) is 36.0 Å². The summed E-state index contributed by atoms with van der Waals surface area (Å²) in [5, 5.41) is 10.1. The number of carboxylic acid groups (broad SMARTS) is 1. The van der Waals surface area contributed by atoms with Crippen LogP contribution in [0.2, 0.25) is 0 Å². The van der Waals surface area contributed by atoms with E-state index in [0.717, 1.165) is 35.1 Å². The lowest BCUT2D eigenvalue weighted by molar-refractivity contribution is -0.137. The Morgan fingerprint density at radius 1 is 1.40 bits per heavy atom. The molecule has 0 aliphatic heterocycles. The van der Waals surface area contributed by atoms with E-state index in [1.165, 1.54) is 0 Å². The van der Waals surface area contributed by atoms with Gasteiger partial charge in [0.25, 0.3) is 0 Å². The number of ether oxygens (including phenoxy) is 1. The number of benzene rings is 1. The number of fused-ring (bicyclic) bond motifs is 1. The fraction of sp³-hybridized carbons (Fsp3) is 0.375. The van der Waals surface area contributed by atoms with E-state index in [1.54, 1.807) is 6.20 Å². The molecule has 0 spiro atoms. The molecule has 0 bridgehead atoms. The van der Waals surface area contributed by atoms with E-state index >= 15 is 0 Å². The molecule has 0 amide bonds. The summed E-state index contributed by atoms with van der Waals surface area (Å²) in [7, 11) is 0. The van der Waals surface area contributed by atoms with Gasteiger partial charge in [0.1, 0.15) is 11.3 Å². The predicted octanol–water partition coefficient (Wildman–Crippen LogP) is 3.14. The number of rotatable bonds is 5. The quantitative estimate of drug-likeness (QED) is 0.907. The van der Waals surface area contributed by atoms with Crippen molar-refractivity contribution in [1.29, 1.82) is 0 Å². The molecular weight excluding hydrogens is 254 g/mol. The average Bonchev–Trinajstić information content (AvgIpc) is 3.19. The lowest BCUT2D eigenvalue weighted by Crippen LogP contribution is -2.13. The number of carbonyl (C=O) groups is 1. The van der Waals surface area contributed by atoms with Gasteiger partial charge in [-0.1, -0.05) is 12.1 Å². The second-order valence-electron chi connectivity index (χ2n) is 5.29. The molecule has 4 heteroatoms. The van der Waals surface area contributed by atoms with Crippen molar-refractivity contribution in [2.45, 2.75) is 31.6 Å². The second-order valence-corrected chi connectivity index (χ2v) is 5.29. The maximum atomic E-state index is 11.1. The van der Waals surface area contributed by atoms with E-state index < -0.39 is 5.97 Å². The van der Waals surface area contributed by atoms with Crippen molar-refractivity contribution in [2.75, 3.05) is 6.61 Å². The molecule has 1 aromatic heterocycles. The molecule has 2 aromatic rings. The summed E-state index contributed by atoms with van der Waals surface area (Å²) in [5.41, 5.74) is 1.70. The third kappa shape index (κ3) is 2.11. The largest absolute Gasteiger partial charge is 0.492 e. The van der Waals surface area contributed by atoms with E-state index in [-0.39, 0.29) is 11.8 Å². The zero-order valence-electron chi connectivity index (χ0n) is 11.4. The van der Waals surface area contributed by atoms with Gasteiger partial charge >= 0.3 is 5.97 Å². The van der Waals surface area contributed by atoms with Gasteiger partial charge in [0.2, 0.25) is 0 Å². The van der Waals surface area contributed by atoms with Crippen LogP contribution in [0.5, 0.6) is 5.75 Å². The Bertz CT molecular complexity index is 662. The molecule has 0 radical (unpaired) electrons. The van der Waals surface area contributed by atoms with E-state index in [9.17, 15) is 4.79 Å². The van der Waals surface area contributed by atoms with Crippen molar-refractivity contribution in [2.24, 2.45) is 0 Å². The van der Waals surface area contributed by atoms with E-state index in [0.29, 0.717) is 6.61 Å². The summed E-state index contributed by atoms with van der Waals surface area (Å²) in [6.45, 7) is 2.53. The van der Waals surface area contributed by atoms with Crippen molar-refractivity contribution in [1.82, 2.24) is 4.98 Å². The van der Waals surface area contributed by atoms with Gasteiger partial charge in [-0.2, -0.15) is 0 Å². The standard InChI is InChI=1S/C16H17NO3/c1-2-20-13-6-5-12(11-4-3-9-17-15(11)13)16(7-8-16)10-14(18)19/h3-6,9H,2,7-8,10H2,1H3,(H,18,19). The van der Waals surface area contributed by atoms with Crippen LogP contribution in [-0.2, 0) is 10.2 Å². The summed E-state index contributed by atoms with van der Waals surface area (Å²) in [6, 6.07) is 7.81. The molecule has 0 unspecified atom stereocenters. The third-order valence-corrected chi connectivity index (χ3v) is 3.95. The smallest absolute Gasteiger partial charge is 0.304 e. The Kier molecular flexibility index (Phi) is 3.08. The molecule has 1 aliphatic carbocycles. The van der Waals surface area contributed by atoms with Gasteiger partial charge in [-0.25, -0.2) is 0 Å². The summed E-state index contributed by atoms with van der Waals surface area (Å²) in [5.74, 6) is 0.0198. The number of pyridine rings is 1. The molecule has 1 heterocycles. The maximum Gasteiger partial charge on any atom is 0.304 e. The lowest BCUT2D eigenvalue weighted by atomic mass is 9.89. The van der Waals surface area contributed by atoms with Crippen molar-refractivity contribution in [3.8, 4) is 5.75 Å². The zero-order chi connectivity index (χ0) is 14.2. The van der Waals surface area contributed by atoms with Crippen molar-refractivity contribution in [3.63, 3.8) is 0 Å². The highest BCUT2D eigenvalue weighted by molar-refractivity contribution is 5.89. The van der Waals surface area contributed by atoms with E-state index in [2.05, 4.69) is 4.98 Å². The SMILES string of the molecule is CCOc1ccc(C2(CC(=O)O)CC2)c2cccnc12. The molecule has 0 atom stereocenters. The number of aromatic nitrogens is 1. The van der Waals surface area contributed by atoms with Crippen LogP contribution in [0.4, 0.5) is 0 Å². The third-order valence-electron chi connectivity index (χ3n) is 3.95. The highest BCUT2D eigenvalue weighted by Crippen LogP contribution is 2.53. The van der Waals surface area contributed by atoms with Crippen molar-refractivity contribution < 1.29 is 14.6 Å². The molecular formula is C16H17NO3. The fourth-order valence-electron chi connectivity index (χ4n) is 2.86. The van der Waals surface area contributed by atoms with Gasteiger partial charge in [0, 0.05) is 17.0 Å². The minimum absolute atomic E-state index is 0.185. The molecule has 1 saturated carbocycles. The number of nitrogens with zero attached hydrogens (tertiary/aromatic N) is 1. The number of carboxylic acids is 1. The highest BCUT2D eigenvalue weighted by Gasteiger charge is 2.47. The summed E-state index contributed by atoms with van der Waals surface area (Å²) < 4.78 is 5.61. The molecule has 104 valence electrons. The Hall–Kier alpha value is -2.10. The van der Waals surface area contributed by atoms with Gasteiger partial charge < -0.3 is 9.84 Å². The Labute approximate surface area is 117 Å². The first-order valence-electron chi connectivity index (χ1n) is 6.89. The van der Waals surface area contributed by atoms with Gasteiger partial charge in [0.15, 0.2) is 0 Å². The lowest BCUT2D eigenvalue weighted by Gasteiger charge is -2.17. The molecule has 1 N–H and O–H groups in total. The molecule has 0 saturated heterocycles. The first-order chi connectivity index (χ1) is 9.66. The normalized spacial score (nSPS) is 16.1. The van der Waals surface area contributed by atoms with Crippen LogP contribution in [-0.4, -0.2) is 22.7 Å². The van der Waals surface area contributed by atoms with Gasteiger partial charge in [0.05, 0.1) is 13.0 Å². The zero-order valence-corrected chi connectivity index (χ0v) is 11.4. The monoisotopic (exact) mass is 271 g/mol. The molecule has 3 rings (SSSR count). The number of hydrogen-bond donors (Lipinski definition) is 1. The highest BCUT2D eigenvalue weighted by atomic mass is 16.5. The first kappa shape index (κ1) is 12.9. The van der Waals surface area contributed by atoms with E-state index in [1.807, 2.05) is 31.2 Å². The molecule has 1 aliphatic rings. The van der Waals surface area contributed by atoms with Crippen LogP contribution in [0.1, 0.15) is 31.7 Å². The van der Waals surface area contributed by atoms with Crippen LogP contribution in [0.25, 0.3) is 10.9 Å². The second kappa shape index (κ2) is 4.78. The number of hydrogen-bond acceptors (Lipinski definition) is 3.